The average molecular weight is 343 g/mol. The number of nitrogens with one attached hydrogen (secondary N) is 2. The van der Waals surface area contributed by atoms with E-state index < -0.39 is 0 Å². The van der Waals surface area contributed by atoms with E-state index in [0.717, 1.165) is 10.9 Å². The number of ether oxygens (including phenoxy) is 1. The Morgan fingerprint density at radius 3 is 2.71 bits per heavy atom. The minimum absolute atomic E-state index is 0.181. The molecule has 3 aromatic rings. The molecule has 3 rings (SSSR count). The van der Waals surface area contributed by atoms with Crippen molar-refractivity contribution < 1.29 is 9.53 Å². The first kappa shape index (κ1) is 16.1. The molecule has 1 heterocycles. The number of rotatable bonds is 3. The van der Waals surface area contributed by atoms with E-state index in [1.54, 1.807) is 30.3 Å². The molecule has 2 aromatic carbocycles. The lowest BCUT2D eigenvalue weighted by atomic mass is 10.1. The van der Waals surface area contributed by atoms with Crippen LogP contribution in [0, 0.1) is 6.92 Å². The Kier molecular flexibility index (Phi) is 4.27. The molecule has 0 atom stereocenters. The number of hydrogen-bond acceptors (Lipinski definition) is 3. The third kappa shape index (κ3) is 3.12. The number of fused-ring (bicyclic) bond motifs is 1. The van der Waals surface area contributed by atoms with E-state index in [1.807, 2.05) is 13.0 Å². The molecule has 0 radical (unpaired) electrons. The summed E-state index contributed by atoms with van der Waals surface area (Å²) < 4.78 is 5.19. The van der Waals surface area contributed by atoms with Gasteiger partial charge in [0.15, 0.2) is 0 Å². The summed E-state index contributed by atoms with van der Waals surface area (Å²) in [4.78, 5) is 26.9. The largest absolute Gasteiger partial charge is 0.496 e. The van der Waals surface area contributed by atoms with Gasteiger partial charge in [0, 0.05) is 22.2 Å². The number of methoxy groups -OCH3 is 1. The van der Waals surface area contributed by atoms with Gasteiger partial charge >= 0.3 is 0 Å². The van der Waals surface area contributed by atoms with Gasteiger partial charge in [-0.3, -0.25) is 9.59 Å². The van der Waals surface area contributed by atoms with Gasteiger partial charge in [-0.05, 0) is 42.8 Å². The smallest absolute Gasteiger partial charge is 0.259 e. The molecule has 2 N–H and O–H groups in total. The van der Waals surface area contributed by atoms with Gasteiger partial charge in [0.1, 0.15) is 5.75 Å². The number of benzene rings is 2. The van der Waals surface area contributed by atoms with Crippen molar-refractivity contribution in [3.05, 3.63) is 69.0 Å². The summed E-state index contributed by atoms with van der Waals surface area (Å²) in [6.45, 7) is 1.87. The maximum absolute atomic E-state index is 12.5. The number of aromatic amines is 1. The second-order valence-electron chi connectivity index (χ2n) is 5.38. The quantitative estimate of drug-likeness (QED) is 0.761. The molecular formula is C18H15ClN2O3. The van der Waals surface area contributed by atoms with Crippen LogP contribution in [0.1, 0.15) is 15.9 Å². The van der Waals surface area contributed by atoms with Crippen LogP contribution in [-0.4, -0.2) is 18.0 Å². The summed E-state index contributed by atoms with van der Waals surface area (Å²) in [6, 6.07) is 11.7. The Bertz CT molecular complexity index is 995. The number of carbonyl (C=O) groups is 1. The second kappa shape index (κ2) is 6.37. The van der Waals surface area contributed by atoms with Gasteiger partial charge in [-0.1, -0.05) is 17.7 Å². The molecule has 0 aliphatic heterocycles. The fourth-order valence-electron chi connectivity index (χ4n) is 2.57. The fraction of sp³-hybridized carbons (Fsp3) is 0.111. The van der Waals surface area contributed by atoms with Crippen LogP contribution in [0.25, 0.3) is 10.9 Å². The van der Waals surface area contributed by atoms with Crippen LogP contribution < -0.4 is 15.6 Å². The highest BCUT2D eigenvalue weighted by Crippen LogP contribution is 2.25. The molecular weight excluding hydrogens is 328 g/mol. The molecule has 0 unspecified atom stereocenters. The number of anilines is 1. The predicted molar refractivity (Wildman–Crippen MR) is 95.3 cm³/mol. The Balaban J connectivity index is 1.96. The van der Waals surface area contributed by atoms with Crippen molar-refractivity contribution in [3.63, 3.8) is 0 Å². The van der Waals surface area contributed by atoms with Crippen LogP contribution in [0.4, 0.5) is 5.69 Å². The summed E-state index contributed by atoms with van der Waals surface area (Å²) in [5, 5.41) is 4.16. The van der Waals surface area contributed by atoms with Crippen molar-refractivity contribution in [2.45, 2.75) is 6.92 Å². The lowest BCUT2D eigenvalue weighted by Crippen LogP contribution is -2.13. The lowest BCUT2D eigenvalue weighted by Gasteiger charge is -2.11. The molecule has 0 aliphatic rings. The number of carbonyl (C=O) groups excluding carboxylic acids is 1. The van der Waals surface area contributed by atoms with Gasteiger partial charge < -0.3 is 15.0 Å². The van der Waals surface area contributed by atoms with Crippen LogP contribution in [0.2, 0.25) is 5.02 Å². The number of amides is 1. The van der Waals surface area contributed by atoms with Gasteiger partial charge in [-0.15, -0.1) is 0 Å². The first-order valence-electron chi connectivity index (χ1n) is 7.26. The van der Waals surface area contributed by atoms with E-state index in [0.29, 0.717) is 27.5 Å². The minimum Gasteiger partial charge on any atom is -0.496 e. The van der Waals surface area contributed by atoms with Gasteiger partial charge in [0.05, 0.1) is 18.2 Å². The minimum atomic E-state index is -0.344. The third-order valence-electron chi connectivity index (χ3n) is 3.71. The molecule has 0 saturated heterocycles. The van der Waals surface area contributed by atoms with Gasteiger partial charge in [0.25, 0.3) is 5.91 Å². The molecule has 0 fully saturated rings. The molecule has 0 spiro atoms. The number of pyridine rings is 1. The standard InChI is InChI=1S/C18H15ClN2O3/c1-10-7-17(22)21-15-9-12(4-5-13(10)15)20-18(23)14-8-11(19)3-6-16(14)24-2/h3-9H,1-2H3,(H,20,23)(H,21,22). The monoisotopic (exact) mass is 342 g/mol. The Morgan fingerprint density at radius 1 is 1.17 bits per heavy atom. The maximum Gasteiger partial charge on any atom is 0.259 e. The van der Waals surface area contributed by atoms with E-state index in [-0.39, 0.29) is 11.5 Å². The lowest BCUT2D eigenvalue weighted by molar-refractivity contribution is 0.102. The topological polar surface area (TPSA) is 71.2 Å². The zero-order valence-corrected chi connectivity index (χ0v) is 13.9. The van der Waals surface area contributed by atoms with Crippen molar-refractivity contribution in [1.82, 2.24) is 4.98 Å². The molecule has 0 saturated carbocycles. The molecule has 24 heavy (non-hydrogen) atoms. The van der Waals surface area contributed by atoms with E-state index in [4.69, 9.17) is 16.3 Å². The van der Waals surface area contributed by atoms with Gasteiger partial charge in [-0.25, -0.2) is 0 Å². The van der Waals surface area contributed by atoms with Crippen molar-refractivity contribution in [2.75, 3.05) is 12.4 Å². The summed E-state index contributed by atoms with van der Waals surface area (Å²) in [6.07, 6.45) is 0. The highest BCUT2D eigenvalue weighted by atomic mass is 35.5. The van der Waals surface area contributed by atoms with Gasteiger partial charge in [-0.2, -0.15) is 0 Å². The van der Waals surface area contributed by atoms with Crippen LogP contribution in [0.5, 0.6) is 5.75 Å². The summed E-state index contributed by atoms with van der Waals surface area (Å²) in [5.41, 5.74) is 2.26. The van der Waals surface area contributed by atoms with Crippen LogP contribution in [0.15, 0.2) is 47.3 Å². The van der Waals surface area contributed by atoms with Crippen molar-refractivity contribution >= 4 is 34.1 Å². The number of aryl methyl sites for hydroxylation is 1. The molecule has 1 aromatic heterocycles. The number of halogens is 1. The van der Waals surface area contributed by atoms with E-state index in [1.165, 1.54) is 13.2 Å². The normalized spacial score (nSPS) is 10.6. The molecule has 122 valence electrons. The van der Waals surface area contributed by atoms with Crippen LogP contribution in [0.3, 0.4) is 0 Å². The summed E-state index contributed by atoms with van der Waals surface area (Å²) in [5.74, 6) is 0.0886. The molecule has 0 aliphatic carbocycles. The fourth-order valence-corrected chi connectivity index (χ4v) is 2.74. The SMILES string of the molecule is COc1ccc(Cl)cc1C(=O)Nc1ccc2c(C)cc(=O)[nH]c2c1. The number of H-pyrrole nitrogens is 1. The molecule has 5 nitrogen and oxygen atoms in total. The van der Waals surface area contributed by atoms with Crippen molar-refractivity contribution in [2.24, 2.45) is 0 Å². The van der Waals surface area contributed by atoms with Crippen molar-refractivity contribution in [1.29, 1.82) is 0 Å². The Labute approximate surface area is 143 Å². The summed E-state index contributed by atoms with van der Waals surface area (Å²) in [7, 11) is 1.49. The molecule has 6 heteroatoms. The first-order chi connectivity index (χ1) is 11.5. The third-order valence-corrected chi connectivity index (χ3v) is 3.95. The Morgan fingerprint density at radius 2 is 1.96 bits per heavy atom. The zero-order chi connectivity index (χ0) is 17.3. The highest BCUT2D eigenvalue weighted by Gasteiger charge is 2.13. The molecule has 0 bridgehead atoms. The van der Waals surface area contributed by atoms with Crippen molar-refractivity contribution in [3.8, 4) is 5.75 Å². The first-order valence-corrected chi connectivity index (χ1v) is 7.64. The molecule has 1 amide bonds. The van der Waals surface area contributed by atoms with Crippen LogP contribution >= 0.6 is 11.6 Å². The van der Waals surface area contributed by atoms with E-state index >= 15 is 0 Å². The van der Waals surface area contributed by atoms with E-state index in [2.05, 4.69) is 10.3 Å². The second-order valence-corrected chi connectivity index (χ2v) is 5.81. The highest BCUT2D eigenvalue weighted by molar-refractivity contribution is 6.31. The summed E-state index contributed by atoms with van der Waals surface area (Å²) >= 11 is 5.96. The van der Waals surface area contributed by atoms with Gasteiger partial charge in [0.2, 0.25) is 5.56 Å². The maximum atomic E-state index is 12.5. The number of hydrogen-bond donors (Lipinski definition) is 2. The average Bonchev–Trinajstić information content (AvgIpc) is 2.54. The Hall–Kier alpha value is -2.79. The van der Waals surface area contributed by atoms with E-state index in [9.17, 15) is 9.59 Å². The number of aromatic nitrogens is 1. The zero-order valence-electron chi connectivity index (χ0n) is 13.1. The van der Waals surface area contributed by atoms with Crippen LogP contribution in [-0.2, 0) is 0 Å². The predicted octanol–water partition coefficient (Wildman–Crippen LogP) is 3.75.